The predicted molar refractivity (Wildman–Crippen MR) is 124 cm³/mol. The van der Waals surface area contributed by atoms with E-state index < -0.39 is 17.9 Å². The van der Waals surface area contributed by atoms with E-state index in [0.29, 0.717) is 22.3 Å². The molecule has 1 fully saturated rings. The summed E-state index contributed by atoms with van der Waals surface area (Å²) in [6.07, 6.45) is -0.640. The number of halogens is 3. The molecule has 4 rings (SSSR count). The number of rotatable bonds is 5. The molecule has 1 unspecified atom stereocenters. The molecule has 0 aliphatic carbocycles. The zero-order chi connectivity index (χ0) is 24.8. The first-order valence-electron chi connectivity index (χ1n) is 10.6. The van der Waals surface area contributed by atoms with Crippen molar-refractivity contribution in [3.63, 3.8) is 0 Å². The number of piperidine rings is 1. The lowest BCUT2D eigenvalue weighted by atomic mass is 10.1. The Morgan fingerprint density at radius 3 is 2.56 bits per heavy atom. The summed E-state index contributed by atoms with van der Waals surface area (Å²) in [6.45, 7) is 3.63. The van der Waals surface area contributed by atoms with Gasteiger partial charge in [-0.25, -0.2) is 23.5 Å². The Hall–Kier alpha value is -3.34. The molecule has 2 N–H and O–H groups in total. The number of nitrogens with one attached hydrogen (secondary N) is 1. The Balaban J connectivity index is 1.79. The van der Waals surface area contributed by atoms with Gasteiger partial charge in [0.15, 0.2) is 5.69 Å². The number of pyridine rings is 2. The third-order valence-corrected chi connectivity index (χ3v) is 6.03. The molecule has 3 aromatic rings. The van der Waals surface area contributed by atoms with Crippen molar-refractivity contribution >= 4 is 40.1 Å². The maximum absolute atomic E-state index is 13.7. The van der Waals surface area contributed by atoms with Crippen LogP contribution in [0.3, 0.4) is 0 Å². The summed E-state index contributed by atoms with van der Waals surface area (Å²) in [4.78, 5) is 39.6. The van der Waals surface area contributed by atoms with Crippen molar-refractivity contribution in [3.8, 4) is 0 Å². The standard InChI is InChI=1S/C22H23ClF2N6O3/c1-11-10-13-17(29-21(30(3)19(13)32)31-8-6-22(24,25)7-9-31)16(26-11)12(2)27-14-4-5-15(23)28-18(14)20(33)34/h4-5,10,12,27H,6-9H2,1-3H3,(H,33,34). The van der Waals surface area contributed by atoms with Crippen molar-refractivity contribution in [2.24, 2.45) is 7.05 Å². The zero-order valence-electron chi connectivity index (χ0n) is 18.8. The number of carboxylic acids is 1. The van der Waals surface area contributed by atoms with Crippen LogP contribution in [0, 0.1) is 6.92 Å². The van der Waals surface area contributed by atoms with E-state index in [1.54, 1.807) is 31.9 Å². The summed E-state index contributed by atoms with van der Waals surface area (Å²) in [5, 5.41) is 12.9. The van der Waals surface area contributed by atoms with Crippen LogP contribution in [0.25, 0.3) is 10.9 Å². The molecule has 0 spiro atoms. The van der Waals surface area contributed by atoms with Gasteiger partial charge < -0.3 is 15.3 Å². The minimum Gasteiger partial charge on any atom is -0.476 e. The number of aromatic carboxylic acids is 1. The van der Waals surface area contributed by atoms with E-state index in [-0.39, 0.29) is 54.0 Å². The molecule has 180 valence electrons. The van der Waals surface area contributed by atoms with Crippen molar-refractivity contribution in [2.75, 3.05) is 23.3 Å². The number of anilines is 2. The number of alkyl halides is 2. The van der Waals surface area contributed by atoms with Crippen molar-refractivity contribution in [3.05, 3.63) is 50.8 Å². The second-order valence-corrected chi connectivity index (χ2v) is 8.75. The largest absolute Gasteiger partial charge is 0.476 e. The highest BCUT2D eigenvalue weighted by atomic mass is 35.5. The van der Waals surface area contributed by atoms with Crippen LogP contribution in [-0.4, -0.2) is 49.6 Å². The first kappa shape index (κ1) is 23.8. The molecule has 0 aromatic carbocycles. The molecular formula is C22H23ClF2N6O3. The highest BCUT2D eigenvalue weighted by molar-refractivity contribution is 6.29. The molecule has 1 aliphatic rings. The van der Waals surface area contributed by atoms with Gasteiger partial charge in [-0.15, -0.1) is 0 Å². The van der Waals surface area contributed by atoms with Crippen LogP contribution in [0.15, 0.2) is 23.0 Å². The van der Waals surface area contributed by atoms with Gasteiger partial charge >= 0.3 is 5.97 Å². The second kappa shape index (κ2) is 8.79. The number of fused-ring (bicyclic) bond motifs is 1. The van der Waals surface area contributed by atoms with Crippen molar-refractivity contribution < 1.29 is 18.7 Å². The smallest absolute Gasteiger partial charge is 0.356 e. The van der Waals surface area contributed by atoms with Gasteiger partial charge in [-0.05, 0) is 32.0 Å². The molecule has 3 aromatic heterocycles. The molecule has 1 atom stereocenters. The maximum Gasteiger partial charge on any atom is 0.356 e. The number of hydrogen-bond acceptors (Lipinski definition) is 7. The van der Waals surface area contributed by atoms with Gasteiger partial charge in [0.2, 0.25) is 5.95 Å². The van der Waals surface area contributed by atoms with Crippen LogP contribution in [0.2, 0.25) is 5.15 Å². The third kappa shape index (κ3) is 4.52. The third-order valence-electron chi connectivity index (χ3n) is 5.82. The van der Waals surface area contributed by atoms with E-state index in [0.717, 1.165) is 0 Å². The van der Waals surface area contributed by atoms with Crippen LogP contribution < -0.4 is 15.8 Å². The molecular weight excluding hydrogens is 470 g/mol. The molecule has 0 radical (unpaired) electrons. The first-order valence-corrected chi connectivity index (χ1v) is 11.0. The van der Waals surface area contributed by atoms with Gasteiger partial charge in [0, 0.05) is 38.7 Å². The van der Waals surface area contributed by atoms with E-state index in [9.17, 15) is 23.5 Å². The van der Waals surface area contributed by atoms with Crippen molar-refractivity contribution in [2.45, 2.75) is 38.7 Å². The lowest BCUT2D eigenvalue weighted by Gasteiger charge is -2.33. The predicted octanol–water partition coefficient (Wildman–Crippen LogP) is 3.79. The Kier molecular flexibility index (Phi) is 6.15. The monoisotopic (exact) mass is 492 g/mol. The molecule has 0 saturated carbocycles. The molecule has 0 bridgehead atoms. The minimum atomic E-state index is -2.73. The maximum atomic E-state index is 13.7. The Morgan fingerprint density at radius 2 is 1.91 bits per heavy atom. The second-order valence-electron chi connectivity index (χ2n) is 8.37. The number of carboxylic acid groups (broad SMARTS) is 1. The number of hydrogen-bond donors (Lipinski definition) is 2. The van der Waals surface area contributed by atoms with Crippen LogP contribution in [0.1, 0.15) is 47.7 Å². The SMILES string of the molecule is Cc1cc2c(=O)n(C)c(N3CCC(F)(F)CC3)nc2c(C(C)Nc2ccc(Cl)nc2C(=O)O)n1. The quantitative estimate of drug-likeness (QED) is 0.517. The number of aryl methyl sites for hydroxylation is 1. The van der Waals surface area contributed by atoms with Crippen LogP contribution in [0.5, 0.6) is 0 Å². The molecule has 12 heteroatoms. The Labute approximate surface area is 198 Å². The fraction of sp³-hybridized carbons (Fsp3) is 0.409. The van der Waals surface area contributed by atoms with E-state index in [1.807, 2.05) is 0 Å². The normalized spacial score (nSPS) is 16.5. The molecule has 9 nitrogen and oxygen atoms in total. The van der Waals surface area contributed by atoms with Gasteiger partial charge in [-0.1, -0.05) is 11.6 Å². The lowest BCUT2D eigenvalue weighted by molar-refractivity contribution is -0.0223. The number of carbonyl (C=O) groups is 1. The number of aromatic nitrogens is 4. The van der Waals surface area contributed by atoms with Crippen LogP contribution in [-0.2, 0) is 7.05 Å². The summed E-state index contributed by atoms with van der Waals surface area (Å²) in [5.41, 5.74) is 0.962. The Bertz CT molecular complexity index is 1340. The topological polar surface area (TPSA) is 113 Å². The van der Waals surface area contributed by atoms with Gasteiger partial charge in [-0.2, -0.15) is 0 Å². The van der Waals surface area contributed by atoms with Gasteiger partial charge in [0.25, 0.3) is 11.5 Å². The first-order chi connectivity index (χ1) is 16.0. The summed E-state index contributed by atoms with van der Waals surface area (Å²) in [6, 6.07) is 4.02. The highest BCUT2D eigenvalue weighted by Gasteiger charge is 2.35. The molecule has 1 saturated heterocycles. The molecule has 34 heavy (non-hydrogen) atoms. The average molecular weight is 493 g/mol. The molecule has 0 amide bonds. The summed E-state index contributed by atoms with van der Waals surface area (Å²) in [7, 11) is 1.56. The van der Waals surface area contributed by atoms with Crippen LogP contribution >= 0.6 is 11.6 Å². The zero-order valence-corrected chi connectivity index (χ0v) is 19.5. The van der Waals surface area contributed by atoms with Crippen LogP contribution in [0.4, 0.5) is 20.4 Å². The van der Waals surface area contributed by atoms with E-state index >= 15 is 0 Å². The van der Waals surface area contributed by atoms with Crippen molar-refractivity contribution in [1.82, 2.24) is 19.5 Å². The van der Waals surface area contributed by atoms with Gasteiger partial charge in [-0.3, -0.25) is 14.3 Å². The summed E-state index contributed by atoms with van der Waals surface area (Å²) in [5.74, 6) is -3.70. The number of nitrogens with zero attached hydrogens (tertiary/aromatic N) is 5. The lowest BCUT2D eigenvalue weighted by Crippen LogP contribution is -2.42. The van der Waals surface area contributed by atoms with Gasteiger partial charge in [0.1, 0.15) is 10.7 Å². The van der Waals surface area contributed by atoms with E-state index in [4.69, 9.17) is 11.6 Å². The molecule has 4 heterocycles. The Morgan fingerprint density at radius 1 is 1.24 bits per heavy atom. The highest BCUT2D eigenvalue weighted by Crippen LogP contribution is 2.31. The van der Waals surface area contributed by atoms with Gasteiger partial charge in [0.05, 0.1) is 22.8 Å². The molecule has 1 aliphatic heterocycles. The fourth-order valence-electron chi connectivity index (χ4n) is 4.05. The minimum absolute atomic E-state index is 0.0386. The summed E-state index contributed by atoms with van der Waals surface area (Å²) >= 11 is 5.84. The van der Waals surface area contributed by atoms with Crippen molar-refractivity contribution in [1.29, 1.82) is 0 Å². The van der Waals surface area contributed by atoms with E-state index in [2.05, 4.69) is 20.3 Å². The average Bonchev–Trinajstić information content (AvgIpc) is 2.77. The fourth-order valence-corrected chi connectivity index (χ4v) is 4.20. The summed E-state index contributed by atoms with van der Waals surface area (Å²) < 4.78 is 28.7. The van der Waals surface area contributed by atoms with E-state index in [1.165, 1.54) is 16.7 Å².